The van der Waals surface area contributed by atoms with E-state index in [1.807, 2.05) is 5.31 Å². The first-order valence-corrected chi connectivity index (χ1v) is 29.2. The van der Waals surface area contributed by atoms with Gasteiger partial charge in [-0.1, -0.05) is 173 Å². The van der Waals surface area contributed by atoms with E-state index >= 15 is 0 Å². The fraction of sp³-hybridized carbons (Fsp3) is 0.615. The fourth-order valence-corrected chi connectivity index (χ4v) is 14.1. The van der Waals surface area contributed by atoms with E-state index in [1.54, 1.807) is 0 Å². The van der Waals surface area contributed by atoms with Gasteiger partial charge in [0.1, 0.15) is 5.82 Å². The van der Waals surface area contributed by atoms with Crippen LogP contribution < -0.4 is 10.6 Å². The molecule has 2 aliphatic rings. The SMILES string of the molecule is CCCCC(CC)CP(CC(CC)CCCC)C(=CC1(c2c(C)cc(C)cc2C)C=CC=C(c2c(C)cc(C)cc2C)C1=C1NCCN1)C(CC)CCCC.[Cl][Ru][Cl]. The number of hydrogen-bond donors (Lipinski definition) is 2. The maximum absolute atomic E-state index is 4.85. The predicted octanol–water partition coefficient (Wildman–Crippen LogP) is 16.2. The van der Waals surface area contributed by atoms with Crippen molar-refractivity contribution in [2.24, 2.45) is 17.8 Å². The molecule has 0 bridgehead atoms. The Hall–Kier alpha value is -1.37. The Morgan fingerprint density at radius 3 is 1.62 bits per heavy atom. The zero-order valence-corrected chi connectivity index (χ0v) is 42.9. The second-order valence-corrected chi connectivity index (χ2v) is 22.5. The van der Waals surface area contributed by atoms with Gasteiger partial charge in [0, 0.05) is 18.7 Å². The van der Waals surface area contributed by atoms with Gasteiger partial charge in [0.05, 0.1) is 5.41 Å². The van der Waals surface area contributed by atoms with E-state index in [4.69, 9.17) is 19.4 Å². The Morgan fingerprint density at radius 2 is 1.17 bits per heavy atom. The van der Waals surface area contributed by atoms with Crippen LogP contribution in [-0.4, -0.2) is 25.4 Å². The van der Waals surface area contributed by atoms with Gasteiger partial charge in [0.2, 0.25) is 0 Å². The topological polar surface area (TPSA) is 24.1 Å². The second kappa shape index (κ2) is 26.2. The third-order valence-electron chi connectivity index (χ3n) is 12.9. The molecule has 1 saturated heterocycles. The van der Waals surface area contributed by atoms with Gasteiger partial charge >= 0.3 is 34.5 Å². The number of halogens is 2. The van der Waals surface area contributed by atoms with E-state index in [2.05, 4.69) is 142 Å². The van der Waals surface area contributed by atoms with E-state index in [1.165, 1.54) is 151 Å². The molecule has 4 rings (SSSR count). The molecule has 6 heteroatoms. The van der Waals surface area contributed by atoms with Crippen molar-refractivity contribution < 1.29 is 15.1 Å². The molecule has 1 aliphatic heterocycles. The number of hydrogen-bond acceptors (Lipinski definition) is 2. The average molecular weight is 937 g/mol. The quantitative estimate of drug-likeness (QED) is 0.0963. The average Bonchev–Trinajstić information content (AvgIpc) is 3.71. The summed E-state index contributed by atoms with van der Waals surface area (Å²) in [7, 11) is 9.35. The molecule has 2 N–H and O–H groups in total. The molecule has 58 heavy (non-hydrogen) atoms. The monoisotopic (exact) mass is 936 g/mol. The summed E-state index contributed by atoms with van der Waals surface area (Å²) >= 11 is -0.346. The van der Waals surface area contributed by atoms with E-state index in [0.29, 0.717) is 5.92 Å². The number of rotatable bonds is 21. The van der Waals surface area contributed by atoms with Crippen molar-refractivity contribution in [1.29, 1.82) is 0 Å². The summed E-state index contributed by atoms with van der Waals surface area (Å²) in [6, 6.07) is 9.70. The molecule has 4 unspecified atom stereocenters. The van der Waals surface area contributed by atoms with Crippen LogP contribution >= 0.6 is 27.3 Å². The zero-order valence-electron chi connectivity index (χ0n) is 38.7. The third-order valence-corrected chi connectivity index (χ3v) is 16.1. The van der Waals surface area contributed by atoms with Crippen LogP contribution in [0.2, 0.25) is 0 Å². The predicted molar refractivity (Wildman–Crippen MR) is 259 cm³/mol. The molecule has 0 radical (unpaired) electrons. The van der Waals surface area contributed by atoms with Gasteiger partial charge in [-0.05, 0) is 129 Å². The van der Waals surface area contributed by atoms with Crippen LogP contribution in [0.15, 0.2) is 65.3 Å². The molecule has 1 aliphatic carbocycles. The Bertz CT molecular complexity index is 1640. The van der Waals surface area contributed by atoms with Crippen molar-refractivity contribution in [1.82, 2.24) is 10.6 Å². The van der Waals surface area contributed by atoms with E-state index in [0.717, 1.165) is 24.9 Å². The number of benzene rings is 2. The van der Waals surface area contributed by atoms with Crippen LogP contribution in [0.1, 0.15) is 163 Å². The first-order valence-electron chi connectivity index (χ1n) is 23.0. The number of allylic oxidation sites excluding steroid dienone is 7. The first-order chi connectivity index (χ1) is 27.9. The molecule has 326 valence electrons. The van der Waals surface area contributed by atoms with Gasteiger partial charge in [-0.2, -0.15) is 0 Å². The van der Waals surface area contributed by atoms with Gasteiger partial charge in [-0.3, -0.25) is 0 Å². The standard InChI is InChI=1S/C52H81N2P.2ClH.Ru/c1-13-19-23-43(16-4)35-55(36-44(17-5)24-20-14-2)47(45(18-6)25-21-15-3)34-52(49-41(11)32-38(8)33-42(49)12)27-22-26-46(50(52)51-53-28-29-54-51)48-39(9)30-37(7)31-40(48)10;;;/h22,26-27,30-34,43-45,53-54H,13-21,23-25,28-29,35-36H2,1-12H3;2*1H;/q;;;+2/p-2. The molecule has 0 saturated carbocycles. The molecular formula is C52H81Cl2N2PRu. The zero-order chi connectivity index (χ0) is 42.8. The molecule has 4 atom stereocenters. The molecule has 0 aromatic heterocycles. The summed E-state index contributed by atoms with van der Waals surface area (Å²) in [4.78, 5) is 0. The third kappa shape index (κ3) is 13.6. The Morgan fingerprint density at radius 1 is 0.707 bits per heavy atom. The molecular weight excluding hydrogens is 856 g/mol. The summed E-state index contributed by atoms with van der Waals surface area (Å²) in [5.41, 5.74) is 13.5. The molecule has 1 fully saturated rings. The summed E-state index contributed by atoms with van der Waals surface area (Å²) in [6.07, 6.45) is 28.9. The van der Waals surface area contributed by atoms with Crippen molar-refractivity contribution in [3.63, 3.8) is 0 Å². The summed E-state index contributed by atoms with van der Waals surface area (Å²) in [5, 5.41) is 9.69. The summed E-state index contributed by atoms with van der Waals surface area (Å²) in [5.74, 6) is 3.42. The maximum atomic E-state index is 4.85. The van der Waals surface area contributed by atoms with Gasteiger partial charge in [-0.15, -0.1) is 0 Å². The van der Waals surface area contributed by atoms with Crippen LogP contribution in [0.5, 0.6) is 0 Å². The van der Waals surface area contributed by atoms with Crippen LogP contribution in [0.25, 0.3) is 5.57 Å². The molecule has 1 heterocycles. The molecule has 0 amide bonds. The van der Waals surface area contributed by atoms with Gasteiger partial charge in [-0.25, -0.2) is 0 Å². The van der Waals surface area contributed by atoms with E-state index in [-0.39, 0.29) is 23.1 Å². The summed E-state index contributed by atoms with van der Waals surface area (Å²) in [6.45, 7) is 30.5. The minimum absolute atomic E-state index is 0.346. The molecule has 2 aromatic rings. The second-order valence-electron chi connectivity index (χ2n) is 17.6. The molecule has 2 nitrogen and oxygen atoms in total. The Kier molecular flexibility index (Phi) is 23.0. The van der Waals surface area contributed by atoms with Gasteiger partial charge < -0.3 is 10.6 Å². The van der Waals surface area contributed by atoms with Crippen LogP contribution in [-0.2, 0) is 20.6 Å². The van der Waals surface area contributed by atoms with Crippen LogP contribution in [0.4, 0.5) is 0 Å². The fourth-order valence-electron chi connectivity index (χ4n) is 10.1. The number of unbranched alkanes of at least 4 members (excludes halogenated alkanes) is 3. The van der Waals surface area contributed by atoms with Crippen LogP contribution in [0, 0.1) is 59.3 Å². The minimum atomic E-state index is -0.415. The van der Waals surface area contributed by atoms with Crippen molar-refractivity contribution in [2.45, 2.75) is 166 Å². The van der Waals surface area contributed by atoms with E-state index in [9.17, 15) is 0 Å². The normalized spacial score (nSPS) is 18.9. The summed E-state index contributed by atoms with van der Waals surface area (Å²) < 4.78 is 0. The van der Waals surface area contributed by atoms with Crippen molar-refractivity contribution >= 4 is 32.9 Å². The van der Waals surface area contributed by atoms with Crippen LogP contribution in [0.3, 0.4) is 0 Å². The number of nitrogens with one attached hydrogen (secondary N) is 2. The Labute approximate surface area is 374 Å². The Balaban J connectivity index is 0.00000291. The van der Waals surface area contributed by atoms with Gasteiger partial charge in [0.25, 0.3) is 0 Å². The van der Waals surface area contributed by atoms with E-state index < -0.39 is 5.41 Å². The number of aryl methyl sites for hydroxylation is 6. The van der Waals surface area contributed by atoms with Gasteiger partial charge in [0.15, 0.2) is 0 Å². The first kappa shape index (κ1) is 51.0. The van der Waals surface area contributed by atoms with Crippen molar-refractivity contribution in [3.8, 4) is 0 Å². The van der Waals surface area contributed by atoms with Crippen molar-refractivity contribution in [2.75, 3.05) is 25.4 Å². The molecule has 0 spiro atoms. The van der Waals surface area contributed by atoms with Crippen molar-refractivity contribution in [3.05, 3.63) is 110 Å². The molecule has 2 aromatic carbocycles.